The van der Waals surface area contributed by atoms with E-state index in [-0.39, 0.29) is 84.6 Å². The molecule has 5 nitrogen and oxygen atoms in total. The zero-order valence-corrected chi connectivity index (χ0v) is 17.1. The second kappa shape index (κ2) is 9.45. The van der Waals surface area contributed by atoms with Crippen molar-refractivity contribution in [3.63, 3.8) is 0 Å². The molecule has 0 aromatic heterocycles. The Labute approximate surface area is 175 Å². The predicted octanol–water partition coefficient (Wildman–Crippen LogP) is -3.42. The maximum absolute atomic E-state index is 12.3. The molecule has 0 bridgehead atoms. The Morgan fingerprint density at radius 2 is 1.23 bits per heavy atom. The van der Waals surface area contributed by atoms with E-state index in [1.54, 1.807) is 12.1 Å². The topological polar surface area (TPSA) is 76.0 Å². The van der Waals surface area contributed by atoms with Crippen LogP contribution in [0, 0.1) is 0 Å². The fourth-order valence-electron chi connectivity index (χ4n) is 1.81. The van der Waals surface area contributed by atoms with Gasteiger partial charge in [0.15, 0.2) is 5.78 Å². The maximum atomic E-state index is 12.3. The Kier molecular flexibility index (Phi) is 9.15. The number of benzene rings is 2. The minimum atomic E-state index is -0.481. The third-order valence-electron chi connectivity index (χ3n) is 2.90. The number of ketones is 1. The molecule has 2 rings (SSSR count). The zero-order chi connectivity index (χ0) is 14.7. The molecule has 22 heavy (non-hydrogen) atoms. The SMILES string of the molecule is COc1ccc(C(=O)c2ccc(OC)cc2O)c(O)c1.[H-].[H-].[Na+].[Na+]. The first-order valence-corrected chi connectivity index (χ1v) is 5.85. The summed E-state index contributed by atoms with van der Waals surface area (Å²) in [5.41, 5.74) is 0.178. The third-order valence-corrected chi connectivity index (χ3v) is 2.90. The van der Waals surface area contributed by atoms with Crippen molar-refractivity contribution in [3.8, 4) is 23.0 Å². The van der Waals surface area contributed by atoms with Crippen molar-refractivity contribution in [3.05, 3.63) is 47.5 Å². The summed E-state index contributed by atoms with van der Waals surface area (Å²) in [6.45, 7) is 0. The van der Waals surface area contributed by atoms with Crippen LogP contribution in [0.1, 0.15) is 18.8 Å². The van der Waals surface area contributed by atoms with E-state index in [1.807, 2.05) is 0 Å². The first kappa shape index (κ1) is 21.3. The van der Waals surface area contributed by atoms with Gasteiger partial charge in [0.1, 0.15) is 23.0 Å². The van der Waals surface area contributed by atoms with Crippen LogP contribution < -0.4 is 68.6 Å². The number of ether oxygens (including phenoxy) is 2. The molecule has 0 heterocycles. The maximum Gasteiger partial charge on any atom is 1.00 e. The van der Waals surface area contributed by atoms with Crippen LogP contribution in [0.4, 0.5) is 0 Å². The van der Waals surface area contributed by atoms with Crippen LogP contribution in [-0.2, 0) is 0 Å². The molecule has 2 aromatic rings. The molecule has 0 radical (unpaired) electrons. The molecule has 7 heteroatoms. The third kappa shape index (κ3) is 4.65. The minimum Gasteiger partial charge on any atom is -1.00 e. The quantitative estimate of drug-likeness (QED) is 0.453. The molecule has 0 atom stereocenters. The summed E-state index contributed by atoms with van der Waals surface area (Å²) in [5.74, 6) is -0.00421. The largest absolute Gasteiger partial charge is 1.00 e. The molecule has 0 aliphatic heterocycles. The number of phenolic OH excluding ortho intramolecular Hbond substituents is 2. The fourth-order valence-corrected chi connectivity index (χ4v) is 1.81. The van der Waals surface area contributed by atoms with Crippen molar-refractivity contribution in [2.24, 2.45) is 0 Å². The Morgan fingerprint density at radius 3 is 1.50 bits per heavy atom. The Bertz CT molecular complexity index is 613. The van der Waals surface area contributed by atoms with Crippen LogP contribution in [0.3, 0.4) is 0 Å². The van der Waals surface area contributed by atoms with E-state index in [0.717, 1.165) is 0 Å². The smallest absolute Gasteiger partial charge is 1.00 e. The van der Waals surface area contributed by atoms with Gasteiger partial charge in [-0.3, -0.25) is 4.79 Å². The van der Waals surface area contributed by atoms with Gasteiger partial charge >= 0.3 is 59.1 Å². The molecular weight excluding hydrogens is 306 g/mol. The van der Waals surface area contributed by atoms with Crippen LogP contribution in [0.2, 0.25) is 0 Å². The van der Waals surface area contributed by atoms with E-state index in [9.17, 15) is 15.0 Å². The molecule has 0 saturated heterocycles. The second-order valence-electron chi connectivity index (χ2n) is 4.10. The van der Waals surface area contributed by atoms with E-state index in [4.69, 9.17) is 9.47 Å². The molecule has 0 aliphatic carbocycles. The van der Waals surface area contributed by atoms with Gasteiger partial charge in [0.05, 0.1) is 25.3 Å². The number of rotatable bonds is 4. The molecule has 2 N–H and O–H groups in total. The number of hydrogen-bond donors (Lipinski definition) is 2. The summed E-state index contributed by atoms with van der Waals surface area (Å²) >= 11 is 0. The van der Waals surface area contributed by atoms with Crippen LogP contribution in [-0.4, -0.2) is 30.2 Å². The summed E-state index contributed by atoms with van der Waals surface area (Å²) in [7, 11) is 2.93. The standard InChI is InChI=1S/C15H14O5.2Na.2H/c1-19-9-3-5-11(13(16)7-9)15(18)12-6-4-10(20-2)8-14(12)17;;;;/h3-8,16-17H,1-2H3;;;;/q;2*+1;2*-1. The monoisotopic (exact) mass is 322 g/mol. The fraction of sp³-hybridized carbons (Fsp3) is 0.133. The summed E-state index contributed by atoms with van der Waals surface area (Å²) in [6, 6.07) is 8.70. The van der Waals surface area contributed by atoms with Gasteiger partial charge in [-0.25, -0.2) is 0 Å². The predicted molar refractivity (Wildman–Crippen MR) is 75.0 cm³/mol. The van der Waals surface area contributed by atoms with Gasteiger partial charge < -0.3 is 22.5 Å². The first-order valence-electron chi connectivity index (χ1n) is 5.85. The Morgan fingerprint density at radius 1 is 0.864 bits per heavy atom. The molecule has 0 aliphatic rings. The Hall–Kier alpha value is -0.690. The van der Waals surface area contributed by atoms with E-state index < -0.39 is 5.78 Å². The zero-order valence-electron chi connectivity index (χ0n) is 15.1. The van der Waals surface area contributed by atoms with Crippen LogP contribution in [0.25, 0.3) is 0 Å². The molecule has 0 fully saturated rings. The summed E-state index contributed by atoms with van der Waals surface area (Å²) < 4.78 is 9.90. The van der Waals surface area contributed by atoms with Crippen LogP contribution in [0.15, 0.2) is 36.4 Å². The molecule has 0 spiro atoms. The second-order valence-corrected chi connectivity index (χ2v) is 4.10. The number of carbonyl (C=O) groups is 1. The van der Waals surface area contributed by atoms with E-state index in [2.05, 4.69) is 0 Å². The van der Waals surface area contributed by atoms with Crippen molar-refractivity contribution in [1.29, 1.82) is 0 Å². The van der Waals surface area contributed by atoms with Crippen molar-refractivity contribution >= 4 is 5.78 Å². The van der Waals surface area contributed by atoms with Crippen LogP contribution >= 0.6 is 0 Å². The van der Waals surface area contributed by atoms with Crippen molar-refractivity contribution in [2.75, 3.05) is 14.2 Å². The van der Waals surface area contributed by atoms with Crippen molar-refractivity contribution in [2.45, 2.75) is 0 Å². The van der Waals surface area contributed by atoms with E-state index in [0.29, 0.717) is 11.5 Å². The van der Waals surface area contributed by atoms with E-state index in [1.165, 1.54) is 38.5 Å². The molecular formula is C15H16Na2O5. The summed E-state index contributed by atoms with van der Waals surface area (Å²) in [5, 5.41) is 19.7. The number of hydrogen-bond acceptors (Lipinski definition) is 5. The minimum absolute atomic E-state index is 0. The molecule has 2 aromatic carbocycles. The van der Waals surface area contributed by atoms with Crippen molar-refractivity contribution in [1.82, 2.24) is 0 Å². The first-order chi connectivity index (χ1) is 9.56. The molecule has 0 saturated carbocycles. The van der Waals surface area contributed by atoms with Crippen LogP contribution in [0.5, 0.6) is 23.0 Å². The number of phenols is 2. The van der Waals surface area contributed by atoms with Gasteiger partial charge in [0.2, 0.25) is 0 Å². The van der Waals surface area contributed by atoms with E-state index >= 15 is 0 Å². The average molecular weight is 322 g/mol. The van der Waals surface area contributed by atoms with Gasteiger partial charge in [-0.05, 0) is 24.3 Å². The molecule has 0 amide bonds. The Balaban J connectivity index is -0.00000110. The van der Waals surface area contributed by atoms with Gasteiger partial charge in [-0.15, -0.1) is 0 Å². The van der Waals surface area contributed by atoms with Crippen molar-refractivity contribution < 1.29 is 86.4 Å². The number of aromatic hydroxyl groups is 2. The summed E-state index contributed by atoms with van der Waals surface area (Å²) in [4.78, 5) is 12.3. The van der Waals surface area contributed by atoms with Gasteiger partial charge in [0.25, 0.3) is 0 Å². The van der Waals surface area contributed by atoms with Gasteiger partial charge in [-0.1, -0.05) is 0 Å². The molecule has 108 valence electrons. The number of methoxy groups -OCH3 is 2. The summed E-state index contributed by atoms with van der Waals surface area (Å²) in [6.07, 6.45) is 0. The number of carbonyl (C=O) groups excluding carboxylic acids is 1. The van der Waals surface area contributed by atoms with Gasteiger partial charge in [0, 0.05) is 12.1 Å². The normalized spacial score (nSPS) is 9.18. The average Bonchev–Trinajstić information content (AvgIpc) is 2.46. The van der Waals surface area contributed by atoms with Gasteiger partial charge in [-0.2, -0.15) is 0 Å². The molecule has 0 unspecified atom stereocenters.